The number of carbonyl (C=O) groups is 1. The third-order valence-electron chi connectivity index (χ3n) is 3.04. The zero-order valence-electron chi connectivity index (χ0n) is 9.76. The highest BCUT2D eigenvalue weighted by Crippen LogP contribution is 2.30. The molecule has 0 aromatic carbocycles. The SMILES string of the molecule is CC/C(C)=C1/CCC(CN(C)C)C1=O. The van der Waals surface area contributed by atoms with Gasteiger partial charge in [0.1, 0.15) is 0 Å². The normalized spacial score (nSPS) is 26.1. The van der Waals surface area contributed by atoms with Gasteiger partial charge in [0.2, 0.25) is 0 Å². The summed E-state index contributed by atoms with van der Waals surface area (Å²) in [5, 5.41) is 0. The Morgan fingerprint density at radius 3 is 2.64 bits per heavy atom. The molecule has 0 spiro atoms. The van der Waals surface area contributed by atoms with Crippen LogP contribution in [0.4, 0.5) is 0 Å². The quantitative estimate of drug-likeness (QED) is 0.644. The van der Waals surface area contributed by atoms with Crippen molar-refractivity contribution in [3.8, 4) is 0 Å². The maximum absolute atomic E-state index is 12.0. The summed E-state index contributed by atoms with van der Waals surface area (Å²) in [7, 11) is 4.06. The number of carbonyl (C=O) groups excluding carboxylic acids is 1. The number of hydrogen-bond donors (Lipinski definition) is 0. The Morgan fingerprint density at radius 1 is 1.50 bits per heavy atom. The third-order valence-corrected chi connectivity index (χ3v) is 3.04. The van der Waals surface area contributed by atoms with Crippen LogP contribution in [0.5, 0.6) is 0 Å². The minimum absolute atomic E-state index is 0.251. The molecule has 80 valence electrons. The Hall–Kier alpha value is -0.630. The van der Waals surface area contributed by atoms with Crippen molar-refractivity contribution in [3.05, 3.63) is 11.1 Å². The van der Waals surface area contributed by atoms with Gasteiger partial charge in [-0.1, -0.05) is 12.5 Å². The van der Waals surface area contributed by atoms with Gasteiger partial charge < -0.3 is 4.90 Å². The number of rotatable bonds is 3. The van der Waals surface area contributed by atoms with Crippen LogP contribution in [0.2, 0.25) is 0 Å². The first-order valence-electron chi connectivity index (χ1n) is 5.43. The monoisotopic (exact) mass is 195 g/mol. The van der Waals surface area contributed by atoms with E-state index >= 15 is 0 Å². The Bertz CT molecular complexity index is 253. The maximum Gasteiger partial charge on any atom is 0.163 e. The Labute approximate surface area is 87.0 Å². The fourth-order valence-corrected chi connectivity index (χ4v) is 2.07. The van der Waals surface area contributed by atoms with Gasteiger partial charge >= 0.3 is 0 Å². The van der Waals surface area contributed by atoms with E-state index < -0.39 is 0 Å². The maximum atomic E-state index is 12.0. The van der Waals surface area contributed by atoms with Crippen LogP contribution in [0.25, 0.3) is 0 Å². The highest BCUT2D eigenvalue weighted by molar-refractivity contribution is 6.00. The van der Waals surface area contributed by atoms with E-state index in [1.54, 1.807) is 0 Å². The van der Waals surface area contributed by atoms with E-state index in [-0.39, 0.29) is 5.92 Å². The van der Waals surface area contributed by atoms with E-state index in [9.17, 15) is 4.79 Å². The van der Waals surface area contributed by atoms with Crippen molar-refractivity contribution in [1.29, 1.82) is 0 Å². The van der Waals surface area contributed by atoms with Gasteiger partial charge in [-0.25, -0.2) is 0 Å². The molecule has 1 saturated carbocycles. The fraction of sp³-hybridized carbons (Fsp3) is 0.750. The summed E-state index contributed by atoms with van der Waals surface area (Å²) in [4.78, 5) is 14.1. The van der Waals surface area contributed by atoms with Crippen molar-refractivity contribution in [2.75, 3.05) is 20.6 Å². The fourth-order valence-electron chi connectivity index (χ4n) is 2.07. The third kappa shape index (κ3) is 2.44. The number of Topliss-reactive ketones (excluding diaryl/α,β-unsaturated/α-hetero) is 1. The van der Waals surface area contributed by atoms with Crippen LogP contribution >= 0.6 is 0 Å². The summed E-state index contributed by atoms with van der Waals surface area (Å²) in [5.74, 6) is 0.652. The van der Waals surface area contributed by atoms with E-state index in [0.717, 1.165) is 31.4 Å². The second-order valence-corrected chi connectivity index (χ2v) is 4.47. The molecule has 1 aliphatic carbocycles. The molecule has 0 aliphatic heterocycles. The van der Waals surface area contributed by atoms with Crippen LogP contribution in [0.15, 0.2) is 11.1 Å². The van der Waals surface area contributed by atoms with Crippen LogP contribution in [-0.4, -0.2) is 31.3 Å². The van der Waals surface area contributed by atoms with Crippen molar-refractivity contribution >= 4 is 5.78 Å². The molecule has 1 atom stereocenters. The number of ketones is 1. The molecule has 14 heavy (non-hydrogen) atoms. The van der Waals surface area contributed by atoms with Crippen molar-refractivity contribution in [2.45, 2.75) is 33.1 Å². The van der Waals surface area contributed by atoms with Crippen molar-refractivity contribution < 1.29 is 4.79 Å². The molecule has 0 radical (unpaired) electrons. The highest BCUT2D eigenvalue weighted by Gasteiger charge is 2.30. The predicted octanol–water partition coefficient (Wildman–Crippen LogP) is 2.25. The molecule has 0 N–H and O–H groups in total. The second kappa shape index (κ2) is 4.74. The molecule has 0 aromatic heterocycles. The first kappa shape index (κ1) is 11.4. The largest absolute Gasteiger partial charge is 0.309 e. The van der Waals surface area contributed by atoms with Gasteiger partial charge in [-0.05, 0) is 45.9 Å². The van der Waals surface area contributed by atoms with E-state index in [4.69, 9.17) is 0 Å². The van der Waals surface area contributed by atoms with Crippen LogP contribution in [-0.2, 0) is 4.79 Å². The van der Waals surface area contributed by atoms with E-state index in [2.05, 4.69) is 18.7 Å². The first-order chi connectivity index (χ1) is 6.56. The molecule has 1 rings (SSSR count). The first-order valence-corrected chi connectivity index (χ1v) is 5.43. The van der Waals surface area contributed by atoms with Gasteiger partial charge in [-0.15, -0.1) is 0 Å². The van der Waals surface area contributed by atoms with E-state index in [1.165, 1.54) is 5.57 Å². The lowest BCUT2D eigenvalue weighted by Gasteiger charge is -2.14. The average molecular weight is 195 g/mol. The molecule has 0 aromatic rings. The van der Waals surface area contributed by atoms with Crippen molar-refractivity contribution in [3.63, 3.8) is 0 Å². The standard InChI is InChI=1S/C12H21NO/c1-5-9(2)11-7-6-10(12(11)14)8-13(3)4/h10H,5-8H2,1-4H3/b11-9-. The molecular formula is C12H21NO. The lowest BCUT2D eigenvalue weighted by molar-refractivity contribution is -0.118. The predicted molar refractivity (Wildman–Crippen MR) is 59.3 cm³/mol. The number of hydrogen-bond acceptors (Lipinski definition) is 2. The van der Waals surface area contributed by atoms with E-state index in [1.807, 2.05) is 14.1 Å². The van der Waals surface area contributed by atoms with Gasteiger partial charge in [0, 0.05) is 12.5 Å². The van der Waals surface area contributed by atoms with Gasteiger partial charge in [0.15, 0.2) is 5.78 Å². The summed E-state index contributed by atoms with van der Waals surface area (Å²) in [5.41, 5.74) is 2.40. The second-order valence-electron chi connectivity index (χ2n) is 4.47. The minimum atomic E-state index is 0.251. The number of allylic oxidation sites excluding steroid dienone is 2. The van der Waals surface area contributed by atoms with Crippen LogP contribution in [0.3, 0.4) is 0 Å². The summed E-state index contributed by atoms with van der Waals surface area (Å²) < 4.78 is 0. The van der Waals surface area contributed by atoms with Crippen molar-refractivity contribution in [2.24, 2.45) is 5.92 Å². The molecule has 1 aliphatic rings. The number of nitrogens with zero attached hydrogens (tertiary/aromatic N) is 1. The van der Waals surface area contributed by atoms with Gasteiger partial charge in [-0.2, -0.15) is 0 Å². The zero-order valence-corrected chi connectivity index (χ0v) is 9.76. The molecular weight excluding hydrogens is 174 g/mol. The van der Waals surface area contributed by atoms with Gasteiger partial charge in [-0.3, -0.25) is 4.79 Å². The summed E-state index contributed by atoms with van der Waals surface area (Å²) >= 11 is 0. The van der Waals surface area contributed by atoms with Crippen LogP contribution in [0, 0.1) is 5.92 Å². The molecule has 0 saturated heterocycles. The lowest BCUT2D eigenvalue weighted by Crippen LogP contribution is -2.24. The Balaban J connectivity index is 2.69. The lowest BCUT2D eigenvalue weighted by atomic mass is 10.0. The minimum Gasteiger partial charge on any atom is -0.309 e. The van der Waals surface area contributed by atoms with Gasteiger partial charge in [0.05, 0.1) is 0 Å². The van der Waals surface area contributed by atoms with Gasteiger partial charge in [0.25, 0.3) is 0 Å². The van der Waals surface area contributed by atoms with Crippen LogP contribution < -0.4 is 0 Å². The molecule has 0 bridgehead atoms. The molecule has 2 heteroatoms. The zero-order chi connectivity index (χ0) is 10.7. The summed E-state index contributed by atoms with van der Waals surface area (Å²) in [6, 6.07) is 0. The highest BCUT2D eigenvalue weighted by atomic mass is 16.1. The van der Waals surface area contributed by atoms with Crippen molar-refractivity contribution in [1.82, 2.24) is 4.90 Å². The summed E-state index contributed by atoms with van der Waals surface area (Å²) in [6.45, 7) is 5.11. The topological polar surface area (TPSA) is 20.3 Å². The Kier molecular flexibility index (Phi) is 3.87. The molecule has 1 fully saturated rings. The van der Waals surface area contributed by atoms with E-state index in [0.29, 0.717) is 5.78 Å². The Morgan fingerprint density at radius 2 is 2.14 bits per heavy atom. The smallest absolute Gasteiger partial charge is 0.163 e. The average Bonchev–Trinajstić information content (AvgIpc) is 2.46. The van der Waals surface area contributed by atoms with Crippen LogP contribution in [0.1, 0.15) is 33.1 Å². The molecule has 0 heterocycles. The molecule has 0 amide bonds. The molecule has 2 nitrogen and oxygen atoms in total. The molecule has 1 unspecified atom stereocenters. The summed E-state index contributed by atoms with van der Waals surface area (Å²) in [6.07, 6.45) is 3.05.